The number of ether oxygens (including phenoxy) is 2. The molecule has 1 aromatic carbocycles. The molecule has 5 heteroatoms. The van der Waals surface area contributed by atoms with Gasteiger partial charge in [0.25, 0.3) is 0 Å². The van der Waals surface area contributed by atoms with Gasteiger partial charge in [0.1, 0.15) is 11.6 Å². The summed E-state index contributed by atoms with van der Waals surface area (Å²) in [5.74, 6) is 1.41. The molecular formula is C13H17N3O2. The lowest BCUT2D eigenvalue weighted by Gasteiger charge is -2.08. The van der Waals surface area contributed by atoms with Crippen LogP contribution in [0.1, 0.15) is 5.56 Å². The summed E-state index contributed by atoms with van der Waals surface area (Å²) in [7, 11) is 5.12. The summed E-state index contributed by atoms with van der Waals surface area (Å²) in [4.78, 5) is 0. The number of aryl methyl sites for hydroxylation is 1. The van der Waals surface area contributed by atoms with Gasteiger partial charge in [-0.3, -0.25) is 4.68 Å². The van der Waals surface area contributed by atoms with Crippen LogP contribution in [0.25, 0.3) is 11.1 Å². The molecule has 0 atom stereocenters. The van der Waals surface area contributed by atoms with Crippen LogP contribution in [-0.4, -0.2) is 24.0 Å². The minimum atomic E-state index is 0.532. The van der Waals surface area contributed by atoms with Crippen molar-refractivity contribution in [1.29, 1.82) is 0 Å². The molecule has 2 rings (SSSR count). The van der Waals surface area contributed by atoms with Gasteiger partial charge in [-0.15, -0.1) is 0 Å². The zero-order chi connectivity index (χ0) is 13.1. The largest absolute Gasteiger partial charge is 0.497 e. The number of nitrogens with two attached hydrogens (primary N) is 1. The Bertz CT molecular complexity index is 549. The van der Waals surface area contributed by atoms with Crippen molar-refractivity contribution in [3.63, 3.8) is 0 Å². The van der Waals surface area contributed by atoms with Crippen molar-refractivity contribution in [1.82, 2.24) is 9.78 Å². The molecule has 0 fully saturated rings. The van der Waals surface area contributed by atoms with Gasteiger partial charge in [0.15, 0.2) is 0 Å². The summed E-state index contributed by atoms with van der Waals surface area (Å²) in [5.41, 5.74) is 8.89. The molecule has 0 bridgehead atoms. The minimum Gasteiger partial charge on any atom is -0.497 e. The summed E-state index contributed by atoms with van der Waals surface area (Å²) in [6.45, 7) is 0.532. The molecule has 0 saturated carbocycles. The SMILES string of the molecule is COCc1cc(OC)cc(-c2cnn(C)c2N)c1. The highest BCUT2D eigenvalue weighted by Crippen LogP contribution is 2.29. The number of methoxy groups -OCH3 is 2. The number of nitrogens with zero attached hydrogens (tertiary/aromatic N) is 2. The molecule has 1 aromatic heterocycles. The number of hydrogen-bond donors (Lipinski definition) is 1. The van der Waals surface area contributed by atoms with Gasteiger partial charge in [-0.1, -0.05) is 0 Å². The molecule has 18 heavy (non-hydrogen) atoms. The van der Waals surface area contributed by atoms with Crippen molar-refractivity contribution in [2.24, 2.45) is 7.05 Å². The zero-order valence-corrected chi connectivity index (χ0v) is 10.8. The van der Waals surface area contributed by atoms with Gasteiger partial charge >= 0.3 is 0 Å². The number of anilines is 1. The van der Waals surface area contributed by atoms with Crippen LogP contribution in [0, 0.1) is 0 Å². The molecule has 1 heterocycles. The molecule has 0 radical (unpaired) electrons. The van der Waals surface area contributed by atoms with Gasteiger partial charge in [0.05, 0.1) is 19.9 Å². The van der Waals surface area contributed by atoms with Gasteiger partial charge in [0, 0.05) is 19.7 Å². The third kappa shape index (κ3) is 2.31. The van der Waals surface area contributed by atoms with E-state index in [2.05, 4.69) is 5.10 Å². The van der Waals surface area contributed by atoms with Crippen LogP contribution in [-0.2, 0) is 18.4 Å². The van der Waals surface area contributed by atoms with E-state index < -0.39 is 0 Å². The summed E-state index contributed by atoms with van der Waals surface area (Å²) >= 11 is 0. The Hall–Kier alpha value is -2.01. The van der Waals surface area contributed by atoms with Gasteiger partial charge in [-0.25, -0.2) is 0 Å². The minimum absolute atomic E-state index is 0.532. The van der Waals surface area contributed by atoms with Crippen LogP contribution in [0.5, 0.6) is 5.75 Å². The lowest BCUT2D eigenvalue weighted by atomic mass is 10.0. The fourth-order valence-corrected chi connectivity index (χ4v) is 1.85. The highest BCUT2D eigenvalue weighted by molar-refractivity contribution is 5.75. The van der Waals surface area contributed by atoms with Gasteiger partial charge in [0.2, 0.25) is 0 Å². The maximum absolute atomic E-state index is 5.98. The summed E-state index contributed by atoms with van der Waals surface area (Å²) in [6.07, 6.45) is 1.75. The van der Waals surface area contributed by atoms with Crippen LogP contribution in [0.15, 0.2) is 24.4 Å². The average molecular weight is 247 g/mol. The van der Waals surface area contributed by atoms with E-state index in [1.54, 1.807) is 25.1 Å². The standard InChI is InChI=1S/C13H17N3O2/c1-16-13(14)12(7-15-16)10-4-9(8-17-2)5-11(6-10)18-3/h4-7H,8,14H2,1-3H3. The quantitative estimate of drug-likeness (QED) is 0.895. The third-order valence-corrected chi connectivity index (χ3v) is 2.81. The lowest BCUT2D eigenvalue weighted by molar-refractivity contribution is 0.184. The van der Waals surface area contributed by atoms with E-state index in [4.69, 9.17) is 15.2 Å². The second kappa shape index (κ2) is 5.10. The Kier molecular flexibility index (Phi) is 3.53. The predicted octanol–water partition coefficient (Wildman–Crippen LogP) is 1.82. The van der Waals surface area contributed by atoms with E-state index in [-0.39, 0.29) is 0 Å². The van der Waals surface area contributed by atoms with Crippen LogP contribution >= 0.6 is 0 Å². The lowest BCUT2D eigenvalue weighted by Crippen LogP contribution is -1.98. The Morgan fingerprint density at radius 3 is 2.61 bits per heavy atom. The summed E-state index contributed by atoms with van der Waals surface area (Å²) in [6, 6.07) is 5.91. The Balaban J connectivity index is 2.49. The first-order valence-corrected chi connectivity index (χ1v) is 5.60. The number of aromatic nitrogens is 2. The molecule has 0 saturated heterocycles. The predicted molar refractivity (Wildman–Crippen MR) is 70.3 cm³/mol. The number of hydrogen-bond acceptors (Lipinski definition) is 4. The van der Waals surface area contributed by atoms with Crippen molar-refractivity contribution < 1.29 is 9.47 Å². The fraction of sp³-hybridized carbons (Fsp3) is 0.308. The highest BCUT2D eigenvalue weighted by atomic mass is 16.5. The second-order valence-corrected chi connectivity index (χ2v) is 4.07. The molecule has 2 aromatic rings. The van der Waals surface area contributed by atoms with Gasteiger partial charge in [-0.05, 0) is 29.3 Å². The Morgan fingerprint density at radius 1 is 1.28 bits per heavy atom. The Labute approximate surface area is 106 Å². The molecule has 96 valence electrons. The van der Waals surface area contributed by atoms with Crippen molar-refractivity contribution in [2.75, 3.05) is 20.0 Å². The molecule has 0 unspecified atom stereocenters. The van der Waals surface area contributed by atoms with Crippen LogP contribution < -0.4 is 10.5 Å². The average Bonchev–Trinajstić information content (AvgIpc) is 2.70. The molecular weight excluding hydrogens is 230 g/mol. The number of nitrogen functional groups attached to an aromatic ring is 1. The second-order valence-electron chi connectivity index (χ2n) is 4.07. The van der Waals surface area contributed by atoms with E-state index in [9.17, 15) is 0 Å². The topological polar surface area (TPSA) is 62.3 Å². The van der Waals surface area contributed by atoms with E-state index in [0.29, 0.717) is 12.4 Å². The van der Waals surface area contributed by atoms with Crippen LogP contribution in [0.4, 0.5) is 5.82 Å². The molecule has 0 aliphatic rings. The monoisotopic (exact) mass is 247 g/mol. The summed E-state index contributed by atoms with van der Waals surface area (Å²) < 4.78 is 12.1. The molecule has 0 aliphatic heterocycles. The van der Waals surface area contributed by atoms with Crippen molar-refractivity contribution in [2.45, 2.75) is 6.61 Å². The molecule has 0 spiro atoms. The van der Waals surface area contributed by atoms with Crippen LogP contribution in [0.2, 0.25) is 0 Å². The van der Waals surface area contributed by atoms with E-state index in [0.717, 1.165) is 22.4 Å². The fourth-order valence-electron chi connectivity index (χ4n) is 1.85. The van der Waals surface area contributed by atoms with Gasteiger partial charge < -0.3 is 15.2 Å². The van der Waals surface area contributed by atoms with Gasteiger partial charge in [-0.2, -0.15) is 5.10 Å². The highest BCUT2D eigenvalue weighted by Gasteiger charge is 2.10. The Morgan fingerprint density at radius 2 is 2.06 bits per heavy atom. The molecule has 2 N–H and O–H groups in total. The first kappa shape index (κ1) is 12.4. The van der Waals surface area contributed by atoms with Crippen molar-refractivity contribution in [3.05, 3.63) is 30.0 Å². The van der Waals surface area contributed by atoms with Crippen LogP contribution in [0.3, 0.4) is 0 Å². The van der Waals surface area contributed by atoms with Crippen molar-refractivity contribution in [3.8, 4) is 16.9 Å². The number of rotatable bonds is 4. The summed E-state index contributed by atoms with van der Waals surface area (Å²) in [5, 5.41) is 4.14. The first-order valence-electron chi connectivity index (χ1n) is 5.60. The van der Waals surface area contributed by atoms with E-state index in [1.807, 2.05) is 25.2 Å². The number of benzene rings is 1. The maximum Gasteiger partial charge on any atom is 0.129 e. The van der Waals surface area contributed by atoms with E-state index in [1.165, 1.54) is 0 Å². The smallest absolute Gasteiger partial charge is 0.129 e. The molecule has 0 amide bonds. The zero-order valence-electron chi connectivity index (χ0n) is 10.8. The van der Waals surface area contributed by atoms with E-state index >= 15 is 0 Å². The normalized spacial score (nSPS) is 10.6. The van der Waals surface area contributed by atoms with Crippen molar-refractivity contribution >= 4 is 5.82 Å². The molecule has 5 nitrogen and oxygen atoms in total. The molecule has 0 aliphatic carbocycles. The first-order chi connectivity index (χ1) is 8.65. The maximum atomic E-state index is 5.98. The third-order valence-electron chi connectivity index (χ3n) is 2.81.